The first-order valence-corrected chi connectivity index (χ1v) is 8.12. The highest BCUT2D eigenvalue weighted by Gasteiger charge is 2.20. The second-order valence-electron chi connectivity index (χ2n) is 5.92. The minimum absolute atomic E-state index is 1.21. The van der Waals surface area contributed by atoms with E-state index in [2.05, 4.69) is 63.7 Å². The molecule has 3 nitrogen and oxygen atoms in total. The van der Waals surface area contributed by atoms with Gasteiger partial charge < -0.3 is 0 Å². The molecule has 5 rings (SSSR count). The van der Waals surface area contributed by atoms with E-state index < -0.39 is 0 Å². The molecule has 0 unspecified atom stereocenters. The van der Waals surface area contributed by atoms with Crippen LogP contribution in [-0.4, -0.2) is 15.2 Å². The number of aromatic nitrogens is 3. The van der Waals surface area contributed by atoms with E-state index in [0.717, 1.165) is 0 Å². The number of hydrogen-bond acceptors (Lipinski definition) is 2. The van der Waals surface area contributed by atoms with Crippen molar-refractivity contribution >= 4 is 16.3 Å². The van der Waals surface area contributed by atoms with E-state index in [1.165, 1.54) is 60.2 Å². The summed E-state index contributed by atoms with van der Waals surface area (Å²) in [5.74, 6) is 0. The molecule has 23 heavy (non-hydrogen) atoms. The van der Waals surface area contributed by atoms with E-state index in [0.29, 0.717) is 0 Å². The van der Waals surface area contributed by atoms with Crippen molar-refractivity contribution in [2.45, 2.75) is 25.7 Å². The first-order chi connectivity index (χ1) is 11.4. The summed E-state index contributed by atoms with van der Waals surface area (Å²) in [5, 5.41) is 8.81. The maximum atomic E-state index is 3.56. The first-order valence-electron chi connectivity index (χ1n) is 8.12. The first kappa shape index (κ1) is 13.9. The predicted octanol–water partition coefficient (Wildman–Crippen LogP) is 4.69. The average Bonchev–Trinajstić information content (AvgIpc) is 3.21. The number of H-pyrrole nitrogens is 1. The van der Waals surface area contributed by atoms with Gasteiger partial charge in [0.25, 0.3) is 0 Å². The molecule has 1 N–H and O–H groups in total. The molecule has 2 aliphatic rings. The Kier molecular flexibility index (Phi) is 3.76. The second-order valence-corrected chi connectivity index (χ2v) is 5.92. The number of allylic oxidation sites excluding steroid dienone is 4. The molecule has 0 fully saturated rings. The average molecular weight is 301 g/mol. The van der Waals surface area contributed by atoms with Crippen molar-refractivity contribution in [3.8, 4) is 0 Å². The lowest BCUT2D eigenvalue weighted by Gasteiger charge is -2.25. The normalized spacial score (nSPS) is 15.7. The van der Waals surface area contributed by atoms with Crippen molar-refractivity contribution in [3.63, 3.8) is 0 Å². The van der Waals surface area contributed by atoms with Crippen molar-refractivity contribution in [2.75, 3.05) is 0 Å². The van der Waals surface area contributed by atoms with Gasteiger partial charge in [-0.1, -0.05) is 54.1 Å². The van der Waals surface area contributed by atoms with E-state index in [9.17, 15) is 0 Å². The molecule has 1 heterocycles. The highest BCUT2D eigenvalue weighted by atomic mass is 15.2. The topological polar surface area (TPSA) is 41.6 Å². The van der Waals surface area contributed by atoms with Crippen LogP contribution >= 0.6 is 0 Å². The quantitative estimate of drug-likeness (QED) is 0.654. The molecule has 0 bridgehead atoms. The third kappa shape index (κ3) is 2.70. The largest absolute Gasteiger partial charge is 0.266 e. The molecule has 1 aromatic heterocycles. The molecule has 0 saturated heterocycles. The van der Waals surface area contributed by atoms with Crippen LogP contribution in [-0.2, 0) is 6.42 Å². The minimum Gasteiger partial charge on any atom is -0.266 e. The summed E-state index contributed by atoms with van der Waals surface area (Å²) in [6, 6.07) is 13.4. The summed E-state index contributed by atoms with van der Waals surface area (Å²) in [7, 11) is 0. The summed E-state index contributed by atoms with van der Waals surface area (Å²) in [6.45, 7) is 0. The van der Waals surface area contributed by atoms with E-state index in [1.807, 2.05) is 0 Å². The fourth-order valence-electron chi connectivity index (χ4n) is 3.55. The Hall–Kier alpha value is -2.68. The van der Waals surface area contributed by atoms with Crippen LogP contribution in [0.15, 0.2) is 66.8 Å². The fraction of sp³-hybridized carbons (Fsp3) is 0.200. The second kappa shape index (κ2) is 6.21. The highest BCUT2D eigenvalue weighted by molar-refractivity contribution is 5.93. The van der Waals surface area contributed by atoms with E-state index in [4.69, 9.17) is 0 Å². The smallest absolute Gasteiger partial charge is 0.137 e. The number of nitrogens with one attached hydrogen (secondary N) is 1. The molecule has 0 radical (unpaired) electrons. The third-order valence-electron chi connectivity index (χ3n) is 4.62. The highest BCUT2D eigenvalue weighted by Crippen LogP contribution is 2.39. The van der Waals surface area contributed by atoms with Gasteiger partial charge in [0, 0.05) is 0 Å². The summed E-state index contributed by atoms with van der Waals surface area (Å²) in [4.78, 5) is 3.56. The zero-order valence-electron chi connectivity index (χ0n) is 13.0. The number of benzene rings is 2. The fourth-order valence-corrected chi connectivity index (χ4v) is 3.55. The number of nitrogens with zero attached hydrogens (tertiary/aromatic N) is 2. The molecule has 3 aromatic rings. The van der Waals surface area contributed by atoms with Gasteiger partial charge in [0.2, 0.25) is 0 Å². The lowest BCUT2D eigenvalue weighted by molar-refractivity contribution is 0.831. The van der Waals surface area contributed by atoms with Crippen molar-refractivity contribution in [2.24, 2.45) is 0 Å². The molecular formula is C20H19N3. The van der Waals surface area contributed by atoms with Crippen molar-refractivity contribution < 1.29 is 0 Å². The van der Waals surface area contributed by atoms with E-state index in [-0.39, 0.29) is 0 Å². The summed E-state index contributed by atoms with van der Waals surface area (Å²) in [6.07, 6.45) is 12.6. The van der Waals surface area contributed by atoms with Gasteiger partial charge in [-0.2, -0.15) is 5.10 Å². The van der Waals surface area contributed by atoms with Crippen LogP contribution < -0.4 is 0 Å². The van der Waals surface area contributed by atoms with Gasteiger partial charge in [0.15, 0.2) is 0 Å². The number of fused-ring (bicyclic) bond motifs is 4. The van der Waals surface area contributed by atoms with E-state index >= 15 is 0 Å². The lowest BCUT2D eigenvalue weighted by Crippen LogP contribution is -2.06. The van der Waals surface area contributed by atoms with Crippen LogP contribution in [0.1, 0.15) is 30.4 Å². The Balaban J connectivity index is 0.000000233. The van der Waals surface area contributed by atoms with Gasteiger partial charge in [-0.15, -0.1) is 0 Å². The Bertz CT molecular complexity index is 856. The standard InChI is InChI=1S/C18H16.C2H3N3/c1-3-7-15-13(5-1)9-11-18-16-8-4-2-6-14(16)10-12-17(15)18;1-3-2-5-4-1/h1,3-5,7-9,11H,2,6,10,12H2;1-2H,(H,3,4,5). The van der Waals surface area contributed by atoms with Crippen LogP contribution in [0.3, 0.4) is 0 Å². The van der Waals surface area contributed by atoms with Gasteiger partial charge in [-0.3, -0.25) is 5.10 Å². The number of rotatable bonds is 0. The third-order valence-corrected chi connectivity index (χ3v) is 4.62. The maximum Gasteiger partial charge on any atom is 0.137 e. The van der Waals surface area contributed by atoms with E-state index in [1.54, 1.807) is 11.1 Å². The molecule has 0 saturated carbocycles. The molecule has 0 aliphatic heterocycles. The number of hydrogen-bond donors (Lipinski definition) is 1. The molecule has 114 valence electrons. The maximum absolute atomic E-state index is 3.56. The number of aromatic amines is 1. The van der Waals surface area contributed by atoms with Gasteiger partial charge in [0.1, 0.15) is 12.7 Å². The predicted molar refractivity (Wildman–Crippen MR) is 93.9 cm³/mol. The van der Waals surface area contributed by atoms with Gasteiger partial charge >= 0.3 is 0 Å². The van der Waals surface area contributed by atoms with Crippen LogP contribution in [0.5, 0.6) is 0 Å². The molecule has 2 aliphatic carbocycles. The molecule has 2 aromatic carbocycles. The molecule has 0 amide bonds. The van der Waals surface area contributed by atoms with Crippen molar-refractivity contribution in [3.05, 3.63) is 77.9 Å². The van der Waals surface area contributed by atoms with Crippen LogP contribution in [0, 0.1) is 0 Å². The molecule has 0 atom stereocenters. The van der Waals surface area contributed by atoms with Crippen LogP contribution in [0.4, 0.5) is 0 Å². The molecule has 3 heteroatoms. The molecular weight excluding hydrogens is 282 g/mol. The van der Waals surface area contributed by atoms with Crippen molar-refractivity contribution in [1.29, 1.82) is 0 Å². The Morgan fingerprint density at radius 3 is 2.74 bits per heavy atom. The monoisotopic (exact) mass is 301 g/mol. The molecule has 0 spiro atoms. The summed E-state index contributed by atoms with van der Waals surface area (Å²) in [5.41, 5.74) is 6.21. The Labute approximate surface area is 135 Å². The summed E-state index contributed by atoms with van der Waals surface area (Å²) >= 11 is 0. The van der Waals surface area contributed by atoms with Gasteiger partial charge in [-0.05, 0) is 53.2 Å². The summed E-state index contributed by atoms with van der Waals surface area (Å²) < 4.78 is 0. The van der Waals surface area contributed by atoms with Crippen molar-refractivity contribution in [1.82, 2.24) is 15.2 Å². The number of aryl methyl sites for hydroxylation is 1. The van der Waals surface area contributed by atoms with Gasteiger partial charge in [0.05, 0.1) is 0 Å². The zero-order valence-corrected chi connectivity index (χ0v) is 13.0. The SMILES string of the molecule is C1=CC2=C(CC1)CCc1c2ccc2ccccc12.c1nc[nH]n1. The lowest BCUT2D eigenvalue weighted by atomic mass is 9.80. The minimum atomic E-state index is 1.21. The van der Waals surface area contributed by atoms with Gasteiger partial charge in [-0.25, -0.2) is 4.98 Å². The van der Waals surface area contributed by atoms with Crippen LogP contribution in [0.2, 0.25) is 0 Å². The Morgan fingerprint density at radius 2 is 1.91 bits per heavy atom. The zero-order chi connectivity index (χ0) is 15.5. The van der Waals surface area contributed by atoms with Crippen LogP contribution in [0.25, 0.3) is 16.3 Å². The Morgan fingerprint density at radius 1 is 0.957 bits per heavy atom.